The van der Waals surface area contributed by atoms with Crippen molar-refractivity contribution >= 4 is 17.4 Å². The van der Waals surface area contributed by atoms with Crippen LogP contribution in [0.15, 0.2) is 17.9 Å². The number of allylic oxidation sites excluding steroid dienone is 2. The van der Waals surface area contributed by atoms with Crippen molar-refractivity contribution in [1.82, 2.24) is 0 Å². The van der Waals surface area contributed by atoms with E-state index in [1.165, 1.54) is 6.07 Å². The molecule has 1 aromatic rings. The lowest BCUT2D eigenvalue weighted by atomic mass is 9.83. The van der Waals surface area contributed by atoms with Crippen LogP contribution in [0.2, 0.25) is 5.02 Å². The molecular formula is C15H15ClF2O3. The number of carbonyl (C=O) groups is 1. The Kier molecular flexibility index (Phi) is 4.52. The van der Waals surface area contributed by atoms with Gasteiger partial charge in [0.15, 0.2) is 5.78 Å². The summed E-state index contributed by atoms with van der Waals surface area (Å²) in [5.41, 5.74) is 1.68. The van der Waals surface area contributed by atoms with Crippen molar-refractivity contribution in [1.29, 1.82) is 0 Å². The first-order valence-electron chi connectivity index (χ1n) is 6.46. The van der Waals surface area contributed by atoms with Crippen LogP contribution in [-0.2, 0) is 4.79 Å². The molecule has 0 radical (unpaired) electrons. The maximum Gasteiger partial charge on any atom is 0.387 e. The minimum absolute atomic E-state index is 0.0110. The zero-order chi connectivity index (χ0) is 15.7. The fraction of sp³-hybridized carbons (Fsp3) is 0.400. The summed E-state index contributed by atoms with van der Waals surface area (Å²) in [6, 6.07) is 1.44. The van der Waals surface area contributed by atoms with Gasteiger partial charge in [0.25, 0.3) is 0 Å². The summed E-state index contributed by atoms with van der Waals surface area (Å²) < 4.78 is 29.8. The van der Waals surface area contributed by atoms with Crippen LogP contribution >= 0.6 is 11.6 Å². The predicted molar refractivity (Wildman–Crippen MR) is 75.3 cm³/mol. The summed E-state index contributed by atoms with van der Waals surface area (Å²) in [6.07, 6.45) is 1.49. The number of hydrogen-bond acceptors (Lipinski definition) is 3. The molecule has 1 aliphatic carbocycles. The van der Waals surface area contributed by atoms with Crippen molar-refractivity contribution in [2.45, 2.75) is 39.2 Å². The zero-order valence-corrected chi connectivity index (χ0v) is 12.4. The number of ketones is 1. The topological polar surface area (TPSA) is 46.5 Å². The van der Waals surface area contributed by atoms with Crippen LogP contribution in [-0.4, -0.2) is 17.5 Å². The highest BCUT2D eigenvalue weighted by Gasteiger charge is 2.28. The minimum atomic E-state index is -2.97. The van der Waals surface area contributed by atoms with Gasteiger partial charge in [-0.1, -0.05) is 11.6 Å². The van der Waals surface area contributed by atoms with E-state index < -0.39 is 12.5 Å². The Hall–Kier alpha value is -1.62. The molecule has 2 rings (SSSR count). The monoisotopic (exact) mass is 316 g/mol. The highest BCUT2D eigenvalue weighted by molar-refractivity contribution is 6.32. The van der Waals surface area contributed by atoms with E-state index in [1.54, 1.807) is 13.8 Å². The smallest absolute Gasteiger partial charge is 0.387 e. The van der Waals surface area contributed by atoms with Crippen molar-refractivity contribution in [3.63, 3.8) is 0 Å². The third kappa shape index (κ3) is 3.35. The molecule has 1 unspecified atom stereocenters. The summed E-state index contributed by atoms with van der Waals surface area (Å²) in [4.78, 5) is 11.6. The third-order valence-electron chi connectivity index (χ3n) is 3.55. The highest BCUT2D eigenvalue weighted by atomic mass is 35.5. The highest BCUT2D eigenvalue weighted by Crippen LogP contribution is 2.42. The standard InChI is InChI=1S/C15H15ClF2O3/c1-7-3-12(21-15(17)18)13(8(2)14(7)16)9-4-10(19)6-11(20)5-9/h3,6,9,15,19H,4-5H2,1-2H3. The quantitative estimate of drug-likeness (QED) is 0.896. The first-order valence-corrected chi connectivity index (χ1v) is 6.84. The van der Waals surface area contributed by atoms with Gasteiger partial charge < -0.3 is 9.84 Å². The molecule has 0 bridgehead atoms. The molecule has 0 amide bonds. The molecule has 6 heteroatoms. The molecule has 0 saturated heterocycles. The van der Waals surface area contributed by atoms with Crippen LogP contribution in [0.1, 0.15) is 35.4 Å². The number of alkyl halides is 2. The van der Waals surface area contributed by atoms with E-state index in [0.717, 1.165) is 6.08 Å². The van der Waals surface area contributed by atoms with Crippen LogP contribution in [0.5, 0.6) is 5.75 Å². The fourth-order valence-corrected chi connectivity index (χ4v) is 2.87. The van der Waals surface area contributed by atoms with E-state index in [4.69, 9.17) is 11.6 Å². The third-order valence-corrected chi connectivity index (χ3v) is 4.13. The van der Waals surface area contributed by atoms with E-state index in [0.29, 0.717) is 21.7 Å². The molecule has 0 saturated carbocycles. The van der Waals surface area contributed by atoms with Gasteiger partial charge in [0.05, 0.1) is 5.76 Å². The molecule has 0 heterocycles. The number of halogens is 3. The first-order chi connectivity index (χ1) is 9.79. The van der Waals surface area contributed by atoms with Gasteiger partial charge in [0.2, 0.25) is 0 Å². The Labute approximate surface area is 126 Å². The molecule has 114 valence electrons. The summed E-state index contributed by atoms with van der Waals surface area (Å²) in [5.74, 6) is -0.718. The zero-order valence-electron chi connectivity index (χ0n) is 11.6. The van der Waals surface area contributed by atoms with Gasteiger partial charge in [0.1, 0.15) is 5.75 Å². The number of carbonyl (C=O) groups excluding carboxylic acids is 1. The van der Waals surface area contributed by atoms with Gasteiger partial charge in [-0.05, 0) is 31.0 Å². The Balaban J connectivity index is 2.53. The Bertz CT molecular complexity index is 611. The second-order valence-corrected chi connectivity index (χ2v) is 5.51. The number of hydrogen-bond donors (Lipinski definition) is 1. The van der Waals surface area contributed by atoms with Crippen molar-refractivity contribution in [2.24, 2.45) is 0 Å². The van der Waals surface area contributed by atoms with Gasteiger partial charge in [-0.2, -0.15) is 8.78 Å². The van der Waals surface area contributed by atoms with E-state index in [-0.39, 0.29) is 30.1 Å². The van der Waals surface area contributed by atoms with E-state index in [2.05, 4.69) is 4.74 Å². The van der Waals surface area contributed by atoms with Gasteiger partial charge in [-0.25, -0.2) is 0 Å². The van der Waals surface area contributed by atoms with Gasteiger partial charge >= 0.3 is 6.61 Å². The summed E-state index contributed by atoms with van der Waals surface area (Å²) in [6.45, 7) is 0.427. The van der Waals surface area contributed by atoms with Gasteiger partial charge in [-0.15, -0.1) is 0 Å². The number of ether oxygens (including phenoxy) is 1. The molecule has 0 aliphatic heterocycles. The largest absolute Gasteiger partial charge is 0.512 e. The number of aliphatic hydroxyl groups is 1. The number of benzene rings is 1. The van der Waals surface area contributed by atoms with E-state index in [1.807, 2.05) is 0 Å². The normalized spacial score (nSPS) is 18.9. The molecule has 1 atom stereocenters. The molecule has 1 N–H and O–H groups in total. The number of aryl methyl sites for hydroxylation is 1. The molecule has 0 aromatic heterocycles. The van der Waals surface area contributed by atoms with Crippen molar-refractivity contribution < 1.29 is 23.4 Å². The molecule has 1 aliphatic rings. The molecule has 0 spiro atoms. The lowest BCUT2D eigenvalue weighted by molar-refractivity contribution is -0.115. The second-order valence-electron chi connectivity index (χ2n) is 5.13. The molecule has 3 nitrogen and oxygen atoms in total. The average Bonchev–Trinajstić information content (AvgIpc) is 2.34. The van der Waals surface area contributed by atoms with E-state index >= 15 is 0 Å². The Morgan fingerprint density at radius 2 is 2.05 bits per heavy atom. The van der Waals surface area contributed by atoms with Crippen molar-refractivity contribution in [3.05, 3.63) is 39.6 Å². The SMILES string of the molecule is Cc1cc(OC(F)F)c(C2CC(=O)C=C(O)C2)c(C)c1Cl. The van der Waals surface area contributed by atoms with Crippen LogP contribution < -0.4 is 4.74 Å². The average molecular weight is 317 g/mol. The van der Waals surface area contributed by atoms with Crippen LogP contribution in [0.3, 0.4) is 0 Å². The maximum atomic E-state index is 12.6. The van der Waals surface area contributed by atoms with Crippen LogP contribution in [0, 0.1) is 13.8 Å². The predicted octanol–water partition coefficient (Wildman–Crippen LogP) is 4.45. The lowest BCUT2D eigenvalue weighted by Crippen LogP contribution is -2.16. The minimum Gasteiger partial charge on any atom is -0.512 e. The van der Waals surface area contributed by atoms with Crippen molar-refractivity contribution in [2.75, 3.05) is 0 Å². The summed E-state index contributed by atoms with van der Waals surface area (Å²) >= 11 is 6.18. The molecular weight excluding hydrogens is 302 g/mol. The van der Waals surface area contributed by atoms with Crippen LogP contribution in [0.4, 0.5) is 8.78 Å². The maximum absolute atomic E-state index is 12.6. The second kappa shape index (κ2) is 6.02. The summed E-state index contributed by atoms with van der Waals surface area (Å²) in [5, 5.41) is 10.1. The number of aliphatic hydroxyl groups excluding tert-OH is 1. The Morgan fingerprint density at radius 3 is 2.62 bits per heavy atom. The summed E-state index contributed by atoms with van der Waals surface area (Å²) in [7, 11) is 0. The molecule has 0 fully saturated rings. The molecule has 21 heavy (non-hydrogen) atoms. The van der Waals surface area contributed by atoms with Crippen molar-refractivity contribution in [3.8, 4) is 5.75 Å². The fourth-order valence-electron chi connectivity index (χ4n) is 2.71. The lowest BCUT2D eigenvalue weighted by Gasteiger charge is -2.25. The first kappa shape index (κ1) is 15.8. The van der Waals surface area contributed by atoms with Gasteiger partial charge in [0, 0.05) is 35.4 Å². The number of rotatable bonds is 3. The Morgan fingerprint density at radius 1 is 1.38 bits per heavy atom. The van der Waals surface area contributed by atoms with E-state index in [9.17, 15) is 18.7 Å². The molecule has 1 aromatic carbocycles. The van der Waals surface area contributed by atoms with Crippen LogP contribution in [0.25, 0.3) is 0 Å². The van der Waals surface area contributed by atoms with Gasteiger partial charge in [-0.3, -0.25) is 4.79 Å².